The van der Waals surface area contributed by atoms with Gasteiger partial charge in [0.15, 0.2) is 0 Å². The number of allylic oxidation sites excluding steroid dienone is 1. The molecular formula is C12H8ClNO2. The van der Waals surface area contributed by atoms with E-state index in [1.54, 1.807) is 18.2 Å². The van der Waals surface area contributed by atoms with E-state index in [2.05, 4.69) is 5.16 Å². The van der Waals surface area contributed by atoms with Crippen molar-refractivity contribution in [2.45, 2.75) is 0 Å². The second-order valence-electron chi connectivity index (χ2n) is 3.12. The van der Waals surface area contributed by atoms with Gasteiger partial charge in [-0.1, -0.05) is 28.9 Å². The fraction of sp³-hybridized carbons (Fsp3) is 0. The molecule has 16 heavy (non-hydrogen) atoms. The maximum absolute atomic E-state index is 10.2. The molecule has 0 fully saturated rings. The Kier molecular flexibility index (Phi) is 3.17. The van der Waals surface area contributed by atoms with Gasteiger partial charge in [0.2, 0.25) is 0 Å². The molecule has 0 saturated carbocycles. The van der Waals surface area contributed by atoms with Crippen molar-refractivity contribution in [1.29, 1.82) is 0 Å². The van der Waals surface area contributed by atoms with E-state index in [4.69, 9.17) is 16.1 Å². The predicted octanol–water partition coefficient (Wildman–Crippen LogP) is 3.21. The van der Waals surface area contributed by atoms with Gasteiger partial charge in [0.25, 0.3) is 0 Å². The first-order valence-corrected chi connectivity index (χ1v) is 5.01. The summed E-state index contributed by atoms with van der Waals surface area (Å²) in [6.45, 7) is 0. The molecule has 1 heterocycles. The summed E-state index contributed by atoms with van der Waals surface area (Å²) >= 11 is 5.79. The van der Waals surface area contributed by atoms with Crippen LogP contribution in [-0.4, -0.2) is 11.4 Å². The lowest BCUT2D eigenvalue weighted by Crippen LogP contribution is -1.80. The van der Waals surface area contributed by atoms with E-state index in [1.165, 1.54) is 12.3 Å². The summed E-state index contributed by atoms with van der Waals surface area (Å²) in [5, 5.41) is 4.55. The fourth-order valence-electron chi connectivity index (χ4n) is 1.33. The molecular weight excluding hydrogens is 226 g/mol. The van der Waals surface area contributed by atoms with Crippen molar-refractivity contribution in [1.82, 2.24) is 5.16 Å². The first kappa shape index (κ1) is 10.6. The van der Waals surface area contributed by atoms with Gasteiger partial charge >= 0.3 is 0 Å². The van der Waals surface area contributed by atoms with E-state index >= 15 is 0 Å². The smallest absolute Gasteiger partial charge is 0.142 e. The van der Waals surface area contributed by atoms with Gasteiger partial charge in [-0.25, -0.2) is 0 Å². The molecule has 0 aliphatic heterocycles. The summed E-state index contributed by atoms with van der Waals surface area (Å²) in [7, 11) is 0. The van der Waals surface area contributed by atoms with Crippen molar-refractivity contribution >= 4 is 24.0 Å². The number of nitrogens with zero attached hydrogens (tertiary/aromatic N) is 1. The minimum atomic E-state index is 0.664. The Balaban J connectivity index is 2.40. The van der Waals surface area contributed by atoms with Crippen LogP contribution >= 0.6 is 11.6 Å². The Morgan fingerprint density at radius 1 is 1.25 bits per heavy atom. The van der Waals surface area contributed by atoms with Crippen molar-refractivity contribution in [3.05, 3.63) is 47.2 Å². The summed E-state index contributed by atoms with van der Waals surface area (Å²) < 4.78 is 4.88. The largest absolute Gasteiger partial charge is 0.363 e. The minimum absolute atomic E-state index is 0.664. The first-order chi connectivity index (χ1) is 7.81. The molecule has 0 bridgehead atoms. The van der Waals surface area contributed by atoms with Crippen LogP contribution in [0.2, 0.25) is 5.02 Å². The van der Waals surface area contributed by atoms with Gasteiger partial charge in [0, 0.05) is 16.1 Å². The fourth-order valence-corrected chi connectivity index (χ4v) is 1.46. The lowest BCUT2D eigenvalue weighted by atomic mass is 10.1. The van der Waals surface area contributed by atoms with E-state index in [1.807, 2.05) is 12.1 Å². The molecule has 2 rings (SSSR count). The molecule has 80 valence electrons. The topological polar surface area (TPSA) is 43.1 Å². The van der Waals surface area contributed by atoms with E-state index in [0.29, 0.717) is 17.0 Å². The molecule has 0 amide bonds. The minimum Gasteiger partial charge on any atom is -0.363 e. The van der Waals surface area contributed by atoms with Gasteiger partial charge < -0.3 is 4.52 Å². The molecule has 1 aromatic carbocycles. The van der Waals surface area contributed by atoms with Gasteiger partial charge in [-0.05, 0) is 24.3 Å². The van der Waals surface area contributed by atoms with E-state index in [-0.39, 0.29) is 0 Å². The number of benzene rings is 1. The third-order valence-electron chi connectivity index (χ3n) is 2.07. The van der Waals surface area contributed by atoms with Crippen LogP contribution in [0.5, 0.6) is 0 Å². The van der Waals surface area contributed by atoms with Crippen molar-refractivity contribution < 1.29 is 9.32 Å². The molecule has 0 radical (unpaired) electrons. The lowest BCUT2D eigenvalue weighted by Gasteiger charge is -1.97. The number of carbonyl (C=O) groups is 1. The van der Waals surface area contributed by atoms with Gasteiger partial charge in [-0.15, -0.1) is 0 Å². The van der Waals surface area contributed by atoms with Gasteiger partial charge in [0.1, 0.15) is 18.2 Å². The molecule has 0 spiro atoms. The number of hydrogen-bond donors (Lipinski definition) is 0. The summed E-state index contributed by atoms with van der Waals surface area (Å²) in [5.74, 6) is 0. The average Bonchev–Trinajstić information content (AvgIpc) is 2.75. The molecule has 3 nitrogen and oxygen atoms in total. The van der Waals surface area contributed by atoms with Crippen LogP contribution in [0.4, 0.5) is 0 Å². The van der Waals surface area contributed by atoms with Crippen molar-refractivity contribution in [2.75, 3.05) is 0 Å². The number of carbonyl (C=O) groups excluding carboxylic acids is 1. The first-order valence-electron chi connectivity index (χ1n) is 4.63. The van der Waals surface area contributed by atoms with E-state index in [0.717, 1.165) is 11.1 Å². The Bertz CT molecular complexity index is 514. The van der Waals surface area contributed by atoms with Gasteiger partial charge in [-0.2, -0.15) is 0 Å². The van der Waals surface area contributed by atoms with Crippen LogP contribution in [0.25, 0.3) is 17.3 Å². The third-order valence-corrected chi connectivity index (χ3v) is 2.32. The normalized spacial score (nSPS) is 10.8. The predicted molar refractivity (Wildman–Crippen MR) is 62.0 cm³/mol. The quantitative estimate of drug-likeness (QED) is 0.604. The summed E-state index contributed by atoms with van der Waals surface area (Å²) in [6, 6.07) is 7.24. The maximum Gasteiger partial charge on any atom is 0.142 e. The number of rotatable bonds is 3. The highest BCUT2D eigenvalue weighted by Crippen LogP contribution is 2.24. The molecule has 0 N–H and O–H groups in total. The highest BCUT2D eigenvalue weighted by Gasteiger charge is 2.07. The summed E-state index contributed by atoms with van der Waals surface area (Å²) in [6.07, 6.45) is 5.24. The molecule has 1 aromatic heterocycles. The second-order valence-corrected chi connectivity index (χ2v) is 3.56. The molecule has 0 saturated heterocycles. The van der Waals surface area contributed by atoms with Crippen molar-refractivity contribution in [3.63, 3.8) is 0 Å². The standard InChI is InChI=1S/C12H8ClNO2/c13-11-5-3-9(4-6-11)12-10(2-1-7-15)8-16-14-12/h1-8H/b2-1+. The monoisotopic (exact) mass is 233 g/mol. The highest BCUT2D eigenvalue weighted by molar-refractivity contribution is 6.30. The van der Waals surface area contributed by atoms with Crippen LogP contribution in [0.15, 0.2) is 41.1 Å². The summed E-state index contributed by atoms with van der Waals surface area (Å²) in [5.41, 5.74) is 2.34. The molecule has 0 unspecified atom stereocenters. The second kappa shape index (κ2) is 4.77. The molecule has 0 aliphatic rings. The van der Waals surface area contributed by atoms with Crippen LogP contribution in [-0.2, 0) is 4.79 Å². The number of hydrogen-bond acceptors (Lipinski definition) is 3. The SMILES string of the molecule is O=C/C=C/c1conc1-c1ccc(Cl)cc1. The number of aldehydes is 1. The van der Waals surface area contributed by atoms with Crippen molar-refractivity contribution in [3.8, 4) is 11.3 Å². The zero-order valence-electron chi connectivity index (χ0n) is 8.26. The molecule has 2 aromatic rings. The summed E-state index contributed by atoms with van der Waals surface area (Å²) in [4.78, 5) is 10.2. The zero-order valence-corrected chi connectivity index (χ0v) is 9.02. The van der Waals surface area contributed by atoms with Crippen molar-refractivity contribution in [2.24, 2.45) is 0 Å². The van der Waals surface area contributed by atoms with Crippen LogP contribution in [0.3, 0.4) is 0 Å². The molecule has 0 aliphatic carbocycles. The van der Waals surface area contributed by atoms with Gasteiger partial charge in [-0.3, -0.25) is 4.79 Å². The maximum atomic E-state index is 10.2. The number of halogens is 1. The van der Waals surface area contributed by atoms with E-state index in [9.17, 15) is 4.79 Å². The van der Waals surface area contributed by atoms with Crippen LogP contribution in [0.1, 0.15) is 5.56 Å². The van der Waals surface area contributed by atoms with Crippen LogP contribution < -0.4 is 0 Å². The Morgan fingerprint density at radius 3 is 2.69 bits per heavy atom. The lowest BCUT2D eigenvalue weighted by molar-refractivity contribution is -0.104. The van der Waals surface area contributed by atoms with Crippen LogP contribution in [0, 0.1) is 0 Å². The number of aromatic nitrogens is 1. The van der Waals surface area contributed by atoms with Gasteiger partial charge in [0.05, 0.1) is 0 Å². The zero-order chi connectivity index (χ0) is 11.4. The third kappa shape index (κ3) is 2.20. The average molecular weight is 234 g/mol. The Hall–Kier alpha value is -1.87. The Morgan fingerprint density at radius 2 is 2.00 bits per heavy atom. The molecule has 4 heteroatoms. The molecule has 0 atom stereocenters. The Labute approximate surface area is 97.3 Å². The highest BCUT2D eigenvalue weighted by atomic mass is 35.5. The van der Waals surface area contributed by atoms with E-state index < -0.39 is 0 Å².